The summed E-state index contributed by atoms with van der Waals surface area (Å²) in [6, 6.07) is 9.85. The SMILES string of the molecule is CC(=O)N1CCN(Cc2nc3c(-c4cnc(-c5ccccc5)nc4)cnn3c(N)c2Br)CC1. The van der Waals surface area contributed by atoms with Crippen LogP contribution >= 0.6 is 15.9 Å². The van der Waals surface area contributed by atoms with Crippen molar-refractivity contribution in [1.82, 2.24) is 34.4 Å². The zero-order chi connectivity index (χ0) is 22.9. The fourth-order valence-electron chi connectivity index (χ4n) is 3.99. The number of benzene rings is 1. The van der Waals surface area contributed by atoms with Crippen molar-refractivity contribution in [2.75, 3.05) is 31.9 Å². The number of halogens is 1. The lowest BCUT2D eigenvalue weighted by Crippen LogP contribution is -2.47. The van der Waals surface area contributed by atoms with Gasteiger partial charge in [-0.2, -0.15) is 9.61 Å². The van der Waals surface area contributed by atoms with Gasteiger partial charge in [0.1, 0.15) is 5.82 Å². The Morgan fingerprint density at radius 1 is 1.03 bits per heavy atom. The maximum atomic E-state index is 11.6. The molecule has 2 N–H and O–H groups in total. The van der Waals surface area contributed by atoms with Crippen molar-refractivity contribution in [3.63, 3.8) is 0 Å². The molecule has 9 nitrogen and oxygen atoms in total. The smallest absolute Gasteiger partial charge is 0.219 e. The van der Waals surface area contributed by atoms with Gasteiger partial charge in [-0.25, -0.2) is 15.0 Å². The topological polar surface area (TPSA) is 106 Å². The minimum Gasteiger partial charge on any atom is -0.383 e. The second-order valence-electron chi connectivity index (χ2n) is 7.99. The summed E-state index contributed by atoms with van der Waals surface area (Å²) in [6.07, 6.45) is 5.31. The highest BCUT2D eigenvalue weighted by molar-refractivity contribution is 9.10. The van der Waals surface area contributed by atoms with Crippen LogP contribution in [0.3, 0.4) is 0 Å². The van der Waals surface area contributed by atoms with Crippen molar-refractivity contribution in [2.45, 2.75) is 13.5 Å². The summed E-state index contributed by atoms with van der Waals surface area (Å²) >= 11 is 3.60. The standard InChI is InChI=1S/C23H23BrN8O/c1-15(33)31-9-7-30(8-10-31)14-19-20(24)21(25)32-23(29-19)18(13-28-32)17-11-26-22(27-12-17)16-5-3-2-4-6-16/h2-6,11-13H,7-10,14,25H2,1H3. The number of nitrogen functional groups attached to an aromatic ring is 1. The Labute approximate surface area is 199 Å². The molecule has 0 unspecified atom stereocenters. The number of aromatic nitrogens is 5. The lowest BCUT2D eigenvalue weighted by Gasteiger charge is -2.34. The Hall–Kier alpha value is -3.37. The molecule has 3 aromatic heterocycles. The van der Waals surface area contributed by atoms with E-state index in [1.165, 1.54) is 0 Å². The predicted molar refractivity (Wildman–Crippen MR) is 129 cm³/mol. The number of carbonyl (C=O) groups excluding carboxylic acids is 1. The fourth-order valence-corrected chi connectivity index (χ4v) is 4.37. The van der Waals surface area contributed by atoms with Crippen LogP contribution in [0.15, 0.2) is 53.4 Å². The number of rotatable bonds is 4. The minimum absolute atomic E-state index is 0.115. The molecule has 0 radical (unpaired) electrons. The van der Waals surface area contributed by atoms with Gasteiger partial charge in [0.2, 0.25) is 5.91 Å². The Bertz CT molecular complexity index is 1300. The minimum atomic E-state index is 0.115. The molecule has 0 atom stereocenters. The van der Waals surface area contributed by atoms with E-state index in [0.29, 0.717) is 36.9 Å². The maximum absolute atomic E-state index is 11.6. The molecule has 1 aliphatic heterocycles. The summed E-state index contributed by atoms with van der Waals surface area (Å²) in [4.78, 5) is 29.7. The van der Waals surface area contributed by atoms with Gasteiger partial charge >= 0.3 is 0 Å². The van der Waals surface area contributed by atoms with Crippen LogP contribution in [0.5, 0.6) is 0 Å². The van der Waals surface area contributed by atoms with Crippen molar-refractivity contribution in [2.24, 2.45) is 0 Å². The molecular weight excluding hydrogens is 484 g/mol. The second-order valence-corrected chi connectivity index (χ2v) is 8.79. The molecule has 1 saturated heterocycles. The zero-order valence-electron chi connectivity index (χ0n) is 18.1. The van der Waals surface area contributed by atoms with Gasteiger partial charge in [-0.05, 0) is 15.9 Å². The Morgan fingerprint density at radius 2 is 1.73 bits per heavy atom. The quantitative estimate of drug-likeness (QED) is 0.453. The first-order valence-corrected chi connectivity index (χ1v) is 11.5. The van der Waals surface area contributed by atoms with Gasteiger partial charge in [0, 0.05) is 68.7 Å². The van der Waals surface area contributed by atoms with Crippen molar-refractivity contribution in [3.05, 3.63) is 59.1 Å². The van der Waals surface area contributed by atoms with Crippen molar-refractivity contribution in [3.8, 4) is 22.5 Å². The van der Waals surface area contributed by atoms with Crippen molar-refractivity contribution in [1.29, 1.82) is 0 Å². The number of nitrogens with zero attached hydrogens (tertiary/aromatic N) is 7. The first-order valence-electron chi connectivity index (χ1n) is 10.7. The van der Waals surface area contributed by atoms with Crippen LogP contribution in [0.2, 0.25) is 0 Å². The third-order valence-electron chi connectivity index (χ3n) is 5.88. The van der Waals surface area contributed by atoms with Crippen LogP contribution in [-0.4, -0.2) is 66.5 Å². The Balaban J connectivity index is 1.44. The normalized spacial score (nSPS) is 14.7. The van der Waals surface area contributed by atoms with E-state index in [1.54, 1.807) is 30.0 Å². The molecule has 4 heterocycles. The largest absolute Gasteiger partial charge is 0.383 e. The fraction of sp³-hybridized carbons (Fsp3) is 0.261. The van der Waals surface area contributed by atoms with E-state index in [-0.39, 0.29) is 5.91 Å². The molecule has 0 bridgehead atoms. The monoisotopic (exact) mass is 506 g/mol. The summed E-state index contributed by atoms with van der Waals surface area (Å²) in [5.41, 5.74) is 10.5. The van der Waals surface area contributed by atoms with Crippen molar-refractivity contribution >= 4 is 33.3 Å². The molecule has 0 saturated carbocycles. The van der Waals surface area contributed by atoms with Crippen LogP contribution in [0, 0.1) is 0 Å². The van der Waals surface area contributed by atoms with E-state index >= 15 is 0 Å². The predicted octanol–water partition coefficient (Wildman–Crippen LogP) is 2.86. The first kappa shape index (κ1) is 21.5. The molecule has 4 aromatic rings. The van der Waals surface area contributed by atoms with Crippen LogP contribution in [0.4, 0.5) is 5.82 Å². The molecule has 0 spiro atoms. The number of piperazine rings is 1. The number of amides is 1. The highest BCUT2D eigenvalue weighted by Crippen LogP contribution is 2.30. The molecule has 10 heteroatoms. The van der Waals surface area contributed by atoms with Gasteiger partial charge in [0.05, 0.1) is 16.4 Å². The van der Waals surface area contributed by atoms with Gasteiger partial charge in [-0.3, -0.25) is 9.69 Å². The van der Waals surface area contributed by atoms with Crippen molar-refractivity contribution < 1.29 is 4.79 Å². The van der Waals surface area contributed by atoms with E-state index in [0.717, 1.165) is 39.9 Å². The molecule has 1 aliphatic rings. The highest BCUT2D eigenvalue weighted by atomic mass is 79.9. The van der Waals surface area contributed by atoms with E-state index in [2.05, 4.69) is 35.9 Å². The summed E-state index contributed by atoms with van der Waals surface area (Å²) < 4.78 is 2.36. The number of hydrogen-bond donors (Lipinski definition) is 1. The van der Waals surface area contributed by atoms with E-state index in [4.69, 9.17) is 10.7 Å². The number of carbonyl (C=O) groups is 1. The van der Waals surface area contributed by atoms with Crippen LogP contribution in [0.1, 0.15) is 12.6 Å². The Morgan fingerprint density at radius 3 is 2.39 bits per heavy atom. The highest BCUT2D eigenvalue weighted by Gasteiger charge is 2.22. The summed E-state index contributed by atoms with van der Waals surface area (Å²) in [7, 11) is 0. The van der Waals surface area contributed by atoms with E-state index in [9.17, 15) is 4.79 Å². The van der Waals surface area contributed by atoms with E-state index < -0.39 is 0 Å². The lowest BCUT2D eigenvalue weighted by molar-refractivity contribution is -0.130. The molecule has 0 aliphatic carbocycles. The second kappa shape index (κ2) is 8.87. The van der Waals surface area contributed by atoms with Crippen LogP contribution < -0.4 is 5.73 Å². The molecule has 168 valence electrons. The molecule has 5 rings (SSSR count). The zero-order valence-corrected chi connectivity index (χ0v) is 19.7. The van der Waals surface area contributed by atoms with Gasteiger partial charge in [-0.15, -0.1) is 0 Å². The molecule has 1 aromatic carbocycles. The van der Waals surface area contributed by atoms with Crippen LogP contribution in [0.25, 0.3) is 28.2 Å². The average Bonchev–Trinajstić information content (AvgIpc) is 3.27. The average molecular weight is 507 g/mol. The van der Waals surface area contributed by atoms with Gasteiger partial charge in [0.15, 0.2) is 11.5 Å². The molecule has 1 amide bonds. The maximum Gasteiger partial charge on any atom is 0.219 e. The summed E-state index contributed by atoms with van der Waals surface area (Å²) in [5, 5.41) is 4.44. The van der Waals surface area contributed by atoms with Gasteiger partial charge in [0.25, 0.3) is 0 Å². The van der Waals surface area contributed by atoms with Crippen LogP contribution in [-0.2, 0) is 11.3 Å². The molecule has 1 fully saturated rings. The summed E-state index contributed by atoms with van der Waals surface area (Å²) in [5.74, 6) is 1.27. The van der Waals surface area contributed by atoms with E-state index in [1.807, 2.05) is 35.2 Å². The van der Waals surface area contributed by atoms with Gasteiger partial charge < -0.3 is 10.6 Å². The van der Waals surface area contributed by atoms with Gasteiger partial charge in [-0.1, -0.05) is 30.3 Å². The molecular formula is C23H23BrN8O. The number of nitrogens with two attached hydrogens (primary N) is 1. The molecule has 33 heavy (non-hydrogen) atoms. The first-order chi connectivity index (χ1) is 16.0. The third kappa shape index (κ3) is 4.19. The Kier molecular flexibility index (Phi) is 5.77. The lowest BCUT2D eigenvalue weighted by atomic mass is 10.1. The summed E-state index contributed by atoms with van der Waals surface area (Å²) in [6.45, 7) is 5.25. The number of fused-ring (bicyclic) bond motifs is 1. The third-order valence-corrected chi connectivity index (χ3v) is 6.74. The number of anilines is 1. The number of hydrogen-bond acceptors (Lipinski definition) is 7.